The summed E-state index contributed by atoms with van der Waals surface area (Å²) in [4.78, 5) is 43.3. The van der Waals surface area contributed by atoms with E-state index in [2.05, 4.69) is 43.1 Å². The lowest BCUT2D eigenvalue weighted by Crippen LogP contribution is -2.46. The first-order valence-corrected chi connectivity index (χ1v) is 23.2. The van der Waals surface area contributed by atoms with Crippen LogP contribution in [0.2, 0.25) is 0 Å². The molecule has 0 saturated carbocycles. The number of hydrogen-bond acceptors (Lipinski definition) is 15. The second kappa shape index (κ2) is 20.7. The summed E-state index contributed by atoms with van der Waals surface area (Å²) in [6, 6.07) is 4.37. The minimum Gasteiger partial charge on any atom is -0.507 e. The zero-order valence-electron chi connectivity index (χ0n) is 41.2. The van der Waals surface area contributed by atoms with Crippen LogP contribution in [0.25, 0.3) is 10.8 Å². The number of hydrazone groups is 1. The monoisotopic (exact) mass is 940 g/mol. The number of methoxy groups -OCH3 is 1. The van der Waals surface area contributed by atoms with E-state index in [1.807, 2.05) is 5.01 Å². The fourth-order valence-electron chi connectivity index (χ4n) is 9.71. The number of carbonyl (C=O) groups is 3. The smallest absolute Gasteiger partial charge is 0.312 e. The molecule has 0 aromatic heterocycles. The van der Waals surface area contributed by atoms with Gasteiger partial charge in [-0.3, -0.25) is 24.3 Å². The highest BCUT2D eigenvalue weighted by Crippen LogP contribution is 2.55. The average Bonchev–Trinajstić information content (AvgIpc) is 3.55. The van der Waals surface area contributed by atoms with Gasteiger partial charge in [-0.05, 0) is 57.4 Å². The lowest BCUT2D eigenvalue weighted by Gasteiger charge is -2.38. The Hall–Kier alpha value is -5.94. The molecule has 9 atom stereocenters. The number of aliphatic hydroxyl groups is 2. The normalized spacial score (nSPS) is 29.4. The van der Waals surface area contributed by atoms with E-state index in [-0.39, 0.29) is 44.5 Å². The largest absolute Gasteiger partial charge is 0.507 e. The number of phenols is 3. The number of nitrogens with zero attached hydrogens (tertiary/aromatic N) is 3. The summed E-state index contributed by atoms with van der Waals surface area (Å²) >= 11 is 0. The van der Waals surface area contributed by atoms with Crippen molar-refractivity contribution in [2.75, 3.05) is 38.6 Å². The third-order valence-electron chi connectivity index (χ3n) is 14.0. The molecule has 16 nitrogen and oxygen atoms in total. The summed E-state index contributed by atoms with van der Waals surface area (Å²) in [5.74, 6) is -8.42. The van der Waals surface area contributed by atoms with Crippen molar-refractivity contribution in [3.05, 3.63) is 87.2 Å². The zero-order chi connectivity index (χ0) is 50.1. The van der Waals surface area contributed by atoms with Gasteiger partial charge in [0.2, 0.25) is 0 Å². The standard InChI is InChI=1S/C52H68N4O12/c1-26-22-29(4)37(30(5)23-26)25-55-17-19-56(20-18-55)53-24-36-42-47(62)40-39(46(36)61)41-49(34(9)45(40)60)68-52(11,50(41)63)66-21-16-38(65-12)31(6)48(67-35(10)57)33(8)44(59)32(7)43(58)27(2)14-13-15-28(3)51(64)54-42/h13-16,21-24,27,31-33,38,43-44,48,58-62H,17-20,25H2,1-12H3,(H,54,64)/b14-13+,21-16+,28-15-,53-24?. The predicted molar refractivity (Wildman–Crippen MR) is 259 cm³/mol. The van der Waals surface area contributed by atoms with Gasteiger partial charge in [0, 0.05) is 93.9 Å². The van der Waals surface area contributed by atoms with Gasteiger partial charge in [-0.2, -0.15) is 5.10 Å². The molecule has 3 aromatic carbocycles. The number of fused-ring (bicyclic) bond motifs is 14. The lowest BCUT2D eigenvalue weighted by molar-refractivity contribution is -0.160. The van der Waals surface area contributed by atoms with Crippen LogP contribution in [-0.2, 0) is 30.3 Å². The SMILES string of the molecule is COC1/C=C/OC2(C)Oc3c(C)c(O)c4c(O)c(c(C=NN5CCN(Cc6c(C)cc(C)cc6C)CC5)c(O)c4c3C2=O)NC(=O)/C(C)=C\C=C\C(C)C(O)C(C)C(O)C(C)C(OC(C)=O)C1C. The van der Waals surface area contributed by atoms with Crippen LogP contribution in [-0.4, -0.2) is 123 Å². The number of benzene rings is 3. The summed E-state index contributed by atoms with van der Waals surface area (Å²) < 4.78 is 23.8. The van der Waals surface area contributed by atoms with Crippen LogP contribution in [0.1, 0.15) is 92.2 Å². The summed E-state index contributed by atoms with van der Waals surface area (Å²) in [5.41, 5.74) is 4.60. The van der Waals surface area contributed by atoms with Gasteiger partial charge in [0.05, 0.1) is 53.0 Å². The second-order valence-electron chi connectivity index (χ2n) is 19.0. The molecule has 368 valence electrons. The number of Topliss-reactive ketones (excluding diaryl/α,β-unsaturated/α-hetero) is 1. The number of hydrogen-bond donors (Lipinski definition) is 6. The number of phenolic OH excluding ortho intramolecular Hbond substituents is 3. The van der Waals surface area contributed by atoms with Crippen molar-refractivity contribution in [2.24, 2.45) is 28.8 Å². The van der Waals surface area contributed by atoms with Gasteiger partial charge in [-0.15, -0.1) is 0 Å². The number of aryl methyl sites for hydroxylation is 3. The average molecular weight is 941 g/mol. The van der Waals surface area contributed by atoms with Crippen molar-refractivity contribution in [2.45, 2.75) is 113 Å². The molecule has 4 heterocycles. The number of anilines is 1. The fourth-order valence-corrected chi connectivity index (χ4v) is 9.71. The number of esters is 1. The molecule has 7 rings (SSSR count). The fraction of sp³-hybridized carbons (Fsp3) is 0.500. The van der Waals surface area contributed by atoms with Gasteiger partial charge in [-0.25, -0.2) is 0 Å². The van der Waals surface area contributed by atoms with Gasteiger partial charge >= 0.3 is 11.8 Å². The Bertz CT molecular complexity index is 2540. The summed E-state index contributed by atoms with van der Waals surface area (Å²) in [7, 11) is 1.44. The number of carbonyl (C=O) groups excluding carboxylic acids is 3. The van der Waals surface area contributed by atoms with Gasteiger partial charge < -0.3 is 49.8 Å². The number of ketones is 1. The third-order valence-corrected chi connectivity index (χ3v) is 14.0. The van der Waals surface area contributed by atoms with E-state index in [0.29, 0.717) is 26.2 Å². The maximum Gasteiger partial charge on any atom is 0.312 e. The molecule has 0 aliphatic carbocycles. The van der Waals surface area contributed by atoms with E-state index in [0.717, 1.165) is 6.54 Å². The van der Waals surface area contributed by atoms with E-state index >= 15 is 0 Å². The summed E-state index contributed by atoms with van der Waals surface area (Å²) in [6.07, 6.45) is 4.89. The van der Waals surface area contributed by atoms with Crippen molar-refractivity contribution in [1.82, 2.24) is 9.91 Å². The number of piperazine rings is 1. The molecular formula is C52H68N4O12. The number of ether oxygens (including phenoxy) is 4. The molecule has 0 radical (unpaired) electrons. The second-order valence-corrected chi connectivity index (χ2v) is 19.0. The van der Waals surface area contributed by atoms with Crippen LogP contribution in [0.3, 0.4) is 0 Å². The van der Waals surface area contributed by atoms with Crippen molar-refractivity contribution < 1.29 is 58.9 Å². The molecule has 1 fully saturated rings. The molecule has 9 unspecified atom stereocenters. The first kappa shape index (κ1) is 51.5. The highest BCUT2D eigenvalue weighted by Gasteiger charge is 2.50. The Morgan fingerprint density at radius 2 is 1.54 bits per heavy atom. The van der Waals surface area contributed by atoms with E-state index in [4.69, 9.17) is 24.0 Å². The Labute approximate surface area is 398 Å². The number of amides is 1. The number of aliphatic hydroxyl groups excluding tert-OH is 2. The molecule has 6 N–H and O–H groups in total. The van der Waals surface area contributed by atoms with E-state index in [1.54, 1.807) is 39.8 Å². The maximum atomic E-state index is 14.6. The number of aromatic hydroxyl groups is 3. The first-order valence-electron chi connectivity index (χ1n) is 23.2. The molecule has 1 saturated heterocycles. The van der Waals surface area contributed by atoms with Crippen LogP contribution < -0.4 is 10.1 Å². The summed E-state index contributed by atoms with van der Waals surface area (Å²) in [5, 5.41) is 67.8. The van der Waals surface area contributed by atoms with E-state index < -0.39 is 88.8 Å². The molecule has 1 amide bonds. The number of nitrogens with one attached hydrogen (secondary N) is 1. The highest BCUT2D eigenvalue weighted by atomic mass is 16.7. The van der Waals surface area contributed by atoms with Crippen LogP contribution in [0.4, 0.5) is 5.69 Å². The van der Waals surface area contributed by atoms with Crippen molar-refractivity contribution >= 4 is 40.3 Å². The van der Waals surface area contributed by atoms with Gasteiger partial charge in [0.1, 0.15) is 23.4 Å². The minimum absolute atomic E-state index is 0.0527. The van der Waals surface area contributed by atoms with Crippen LogP contribution in [0.15, 0.2) is 53.4 Å². The van der Waals surface area contributed by atoms with Gasteiger partial charge in [0.25, 0.3) is 11.7 Å². The Balaban J connectivity index is 1.44. The molecule has 16 heteroatoms. The third kappa shape index (κ3) is 10.2. The van der Waals surface area contributed by atoms with Gasteiger partial charge in [-0.1, -0.05) is 63.6 Å². The van der Waals surface area contributed by atoms with Crippen LogP contribution >= 0.6 is 0 Å². The minimum atomic E-state index is -2.06. The molecule has 0 spiro atoms. The summed E-state index contributed by atoms with van der Waals surface area (Å²) in [6.45, 7) is 22.1. The van der Waals surface area contributed by atoms with Crippen LogP contribution in [0, 0.1) is 51.4 Å². The lowest BCUT2D eigenvalue weighted by atomic mass is 9.78. The van der Waals surface area contributed by atoms with E-state index in [1.165, 1.54) is 81.7 Å². The predicted octanol–water partition coefficient (Wildman–Crippen LogP) is 6.83. The molecule has 68 heavy (non-hydrogen) atoms. The molecule has 4 aliphatic heterocycles. The number of allylic oxidation sites excluding steroid dienone is 2. The molecule has 4 aliphatic rings. The molecule has 3 aromatic rings. The van der Waals surface area contributed by atoms with Crippen molar-refractivity contribution in [3.8, 4) is 23.0 Å². The van der Waals surface area contributed by atoms with E-state index in [9.17, 15) is 39.9 Å². The quantitative estimate of drug-likeness (QED) is 0.0646. The van der Waals surface area contributed by atoms with Crippen molar-refractivity contribution in [1.29, 1.82) is 0 Å². The first-order chi connectivity index (χ1) is 32.0. The van der Waals surface area contributed by atoms with Crippen molar-refractivity contribution in [3.63, 3.8) is 0 Å². The Kier molecular flexibility index (Phi) is 15.7. The highest BCUT2D eigenvalue weighted by molar-refractivity contribution is 6.23. The Morgan fingerprint density at radius 1 is 0.897 bits per heavy atom. The maximum absolute atomic E-state index is 14.6. The van der Waals surface area contributed by atoms with Crippen LogP contribution in [0.5, 0.6) is 23.0 Å². The topological polar surface area (TPSA) is 220 Å². The number of rotatable bonds is 6. The molecular weight excluding hydrogens is 873 g/mol. The molecule has 5 bridgehead atoms. The zero-order valence-corrected chi connectivity index (χ0v) is 41.2. The van der Waals surface area contributed by atoms with Gasteiger partial charge in [0.15, 0.2) is 5.75 Å². The Morgan fingerprint density at radius 3 is 2.16 bits per heavy atom.